The topological polar surface area (TPSA) is 92.8 Å². The summed E-state index contributed by atoms with van der Waals surface area (Å²) < 4.78 is 31.3. The van der Waals surface area contributed by atoms with Gasteiger partial charge in [0.15, 0.2) is 0 Å². The Bertz CT molecular complexity index is 719. The first-order chi connectivity index (χ1) is 11.4. The SMILES string of the molecule is C=CC(=O)Nc1ccc(S(=O)(=O)N2CCC(C(=O)OC)CC2)cc1. The van der Waals surface area contributed by atoms with Crippen molar-refractivity contribution in [2.24, 2.45) is 5.92 Å². The summed E-state index contributed by atoms with van der Waals surface area (Å²) in [7, 11) is -2.29. The summed E-state index contributed by atoms with van der Waals surface area (Å²) in [5.74, 6) is -0.914. The van der Waals surface area contributed by atoms with Crippen LogP contribution in [-0.4, -0.2) is 44.8 Å². The summed E-state index contributed by atoms with van der Waals surface area (Å²) in [6.45, 7) is 3.90. The maximum Gasteiger partial charge on any atom is 0.308 e. The van der Waals surface area contributed by atoms with Gasteiger partial charge in [0.05, 0.1) is 17.9 Å². The Labute approximate surface area is 141 Å². The number of hydrogen-bond acceptors (Lipinski definition) is 5. The molecule has 7 nitrogen and oxygen atoms in total. The van der Waals surface area contributed by atoms with E-state index in [1.807, 2.05) is 0 Å². The zero-order valence-corrected chi connectivity index (χ0v) is 14.2. The van der Waals surface area contributed by atoms with E-state index in [0.717, 1.165) is 6.08 Å². The lowest BCUT2D eigenvalue weighted by Gasteiger charge is -2.29. The highest BCUT2D eigenvalue weighted by atomic mass is 32.2. The van der Waals surface area contributed by atoms with Crippen molar-refractivity contribution in [2.75, 3.05) is 25.5 Å². The smallest absolute Gasteiger partial charge is 0.308 e. The second-order valence-corrected chi connectivity index (χ2v) is 7.36. The Morgan fingerprint density at radius 2 is 1.83 bits per heavy atom. The Balaban J connectivity index is 2.07. The maximum absolute atomic E-state index is 12.6. The van der Waals surface area contributed by atoms with Gasteiger partial charge in [-0.1, -0.05) is 6.58 Å². The highest BCUT2D eigenvalue weighted by molar-refractivity contribution is 7.89. The van der Waals surface area contributed by atoms with E-state index in [0.29, 0.717) is 18.5 Å². The number of sulfonamides is 1. The molecular formula is C16H20N2O5S. The molecule has 0 radical (unpaired) electrons. The van der Waals surface area contributed by atoms with Crippen LogP contribution in [0.2, 0.25) is 0 Å². The third-order valence-electron chi connectivity index (χ3n) is 3.93. The lowest BCUT2D eigenvalue weighted by Crippen LogP contribution is -2.40. The molecule has 0 aromatic heterocycles. The molecule has 1 aromatic rings. The summed E-state index contributed by atoms with van der Waals surface area (Å²) in [5.41, 5.74) is 0.489. The molecular weight excluding hydrogens is 332 g/mol. The number of piperidine rings is 1. The molecule has 0 bridgehead atoms. The van der Waals surface area contributed by atoms with Crippen LogP contribution in [0.25, 0.3) is 0 Å². The first-order valence-electron chi connectivity index (χ1n) is 7.50. The number of esters is 1. The number of amides is 1. The number of hydrogen-bond donors (Lipinski definition) is 1. The minimum Gasteiger partial charge on any atom is -0.469 e. The molecule has 1 fully saturated rings. The number of carbonyl (C=O) groups is 2. The molecule has 1 N–H and O–H groups in total. The van der Waals surface area contributed by atoms with Gasteiger partial charge in [-0.25, -0.2) is 8.42 Å². The number of carbonyl (C=O) groups excluding carboxylic acids is 2. The third-order valence-corrected chi connectivity index (χ3v) is 5.85. The Morgan fingerprint density at radius 3 is 2.33 bits per heavy atom. The maximum atomic E-state index is 12.6. The van der Waals surface area contributed by atoms with Gasteiger partial charge >= 0.3 is 5.97 Å². The van der Waals surface area contributed by atoms with Crippen LogP contribution in [0.15, 0.2) is 41.8 Å². The normalized spacial score (nSPS) is 16.4. The molecule has 0 spiro atoms. The molecule has 0 unspecified atom stereocenters. The largest absolute Gasteiger partial charge is 0.469 e. The Kier molecular flexibility index (Phi) is 5.74. The van der Waals surface area contributed by atoms with Crippen LogP contribution in [-0.2, 0) is 24.3 Å². The summed E-state index contributed by atoms with van der Waals surface area (Å²) in [6.07, 6.45) is 2.02. The molecule has 0 atom stereocenters. The van der Waals surface area contributed by atoms with Gasteiger partial charge in [0.1, 0.15) is 0 Å². The van der Waals surface area contributed by atoms with E-state index in [4.69, 9.17) is 4.74 Å². The number of methoxy groups -OCH3 is 1. The number of nitrogens with zero attached hydrogens (tertiary/aromatic N) is 1. The van der Waals surface area contributed by atoms with Crippen LogP contribution < -0.4 is 5.32 Å². The number of benzene rings is 1. The van der Waals surface area contributed by atoms with Gasteiger partial charge in [-0.05, 0) is 43.2 Å². The van der Waals surface area contributed by atoms with Gasteiger partial charge < -0.3 is 10.1 Å². The number of nitrogens with one attached hydrogen (secondary N) is 1. The summed E-state index contributed by atoms with van der Waals surface area (Å²) >= 11 is 0. The quantitative estimate of drug-likeness (QED) is 0.638. The van der Waals surface area contributed by atoms with Gasteiger partial charge in [0, 0.05) is 18.8 Å². The second-order valence-electron chi connectivity index (χ2n) is 5.42. The molecule has 8 heteroatoms. The molecule has 130 valence electrons. The second kappa shape index (κ2) is 7.59. The van der Waals surface area contributed by atoms with Crippen LogP contribution in [0.4, 0.5) is 5.69 Å². The van der Waals surface area contributed by atoms with Gasteiger partial charge in [-0.2, -0.15) is 4.31 Å². The van der Waals surface area contributed by atoms with E-state index < -0.39 is 10.0 Å². The predicted octanol–water partition coefficient (Wildman–Crippen LogP) is 1.38. The summed E-state index contributed by atoms with van der Waals surface area (Å²) in [6, 6.07) is 5.94. The van der Waals surface area contributed by atoms with E-state index in [2.05, 4.69) is 11.9 Å². The van der Waals surface area contributed by atoms with Crippen molar-refractivity contribution in [1.29, 1.82) is 0 Å². The van der Waals surface area contributed by atoms with Gasteiger partial charge in [-0.3, -0.25) is 9.59 Å². The minimum atomic E-state index is -3.62. The summed E-state index contributed by atoms with van der Waals surface area (Å²) in [5, 5.41) is 2.56. The fourth-order valence-corrected chi connectivity index (χ4v) is 4.02. The Morgan fingerprint density at radius 1 is 1.25 bits per heavy atom. The molecule has 0 aliphatic carbocycles. The van der Waals surface area contributed by atoms with Crippen LogP contribution in [0, 0.1) is 5.92 Å². The first kappa shape index (κ1) is 18.2. The predicted molar refractivity (Wildman–Crippen MR) is 88.8 cm³/mol. The summed E-state index contributed by atoms with van der Waals surface area (Å²) in [4.78, 5) is 22.9. The first-order valence-corrected chi connectivity index (χ1v) is 8.94. The van der Waals surface area contributed by atoms with E-state index >= 15 is 0 Å². The van der Waals surface area contributed by atoms with Crippen molar-refractivity contribution < 1.29 is 22.7 Å². The molecule has 1 aliphatic rings. The van der Waals surface area contributed by atoms with Crippen LogP contribution in [0.1, 0.15) is 12.8 Å². The highest BCUT2D eigenvalue weighted by Gasteiger charge is 2.32. The Hall–Kier alpha value is -2.19. The molecule has 1 heterocycles. The molecule has 1 amide bonds. The lowest BCUT2D eigenvalue weighted by atomic mass is 9.99. The van der Waals surface area contributed by atoms with Crippen molar-refractivity contribution >= 4 is 27.6 Å². The van der Waals surface area contributed by atoms with Crippen molar-refractivity contribution in [1.82, 2.24) is 4.31 Å². The fourth-order valence-electron chi connectivity index (χ4n) is 2.55. The number of anilines is 1. The molecule has 2 rings (SSSR count). The van der Waals surface area contributed by atoms with Gasteiger partial charge in [0.2, 0.25) is 15.9 Å². The zero-order chi connectivity index (χ0) is 17.7. The van der Waals surface area contributed by atoms with Crippen LogP contribution >= 0.6 is 0 Å². The average Bonchev–Trinajstić information content (AvgIpc) is 2.61. The average molecular weight is 352 g/mol. The molecule has 1 saturated heterocycles. The molecule has 24 heavy (non-hydrogen) atoms. The van der Waals surface area contributed by atoms with Crippen LogP contribution in [0.3, 0.4) is 0 Å². The van der Waals surface area contributed by atoms with Crippen molar-refractivity contribution in [2.45, 2.75) is 17.7 Å². The highest BCUT2D eigenvalue weighted by Crippen LogP contribution is 2.25. The zero-order valence-electron chi connectivity index (χ0n) is 13.4. The standard InChI is InChI=1S/C16H20N2O5S/c1-3-15(19)17-13-4-6-14(7-5-13)24(21,22)18-10-8-12(9-11-18)16(20)23-2/h3-7,12H,1,8-11H2,2H3,(H,17,19). The van der Waals surface area contributed by atoms with Crippen molar-refractivity contribution in [3.05, 3.63) is 36.9 Å². The number of ether oxygens (including phenoxy) is 1. The van der Waals surface area contributed by atoms with Gasteiger partial charge in [-0.15, -0.1) is 0 Å². The molecule has 1 aromatic carbocycles. The number of rotatable bonds is 5. The van der Waals surface area contributed by atoms with Crippen LogP contribution in [0.5, 0.6) is 0 Å². The van der Waals surface area contributed by atoms with E-state index in [9.17, 15) is 18.0 Å². The molecule has 0 saturated carbocycles. The third kappa shape index (κ3) is 4.01. The van der Waals surface area contributed by atoms with Gasteiger partial charge in [0.25, 0.3) is 0 Å². The van der Waals surface area contributed by atoms with E-state index in [1.54, 1.807) is 0 Å². The fraction of sp³-hybridized carbons (Fsp3) is 0.375. The van der Waals surface area contributed by atoms with Crippen molar-refractivity contribution in [3.8, 4) is 0 Å². The minimum absolute atomic E-state index is 0.149. The van der Waals surface area contributed by atoms with Crippen molar-refractivity contribution in [3.63, 3.8) is 0 Å². The monoisotopic (exact) mass is 352 g/mol. The van der Waals surface area contributed by atoms with E-state index in [1.165, 1.54) is 35.7 Å². The van der Waals surface area contributed by atoms with E-state index in [-0.39, 0.29) is 35.8 Å². The lowest BCUT2D eigenvalue weighted by molar-refractivity contribution is -0.146. The molecule has 1 aliphatic heterocycles.